The molecule has 1 amide bonds. The van der Waals surface area contributed by atoms with Gasteiger partial charge in [0, 0.05) is 6.42 Å². The molecule has 3 nitrogen and oxygen atoms in total. The Kier molecular flexibility index (Phi) is 4.43. The van der Waals surface area contributed by atoms with E-state index in [4.69, 9.17) is 17.3 Å². The van der Waals surface area contributed by atoms with Crippen molar-refractivity contribution in [3.8, 4) is 0 Å². The van der Waals surface area contributed by atoms with E-state index in [9.17, 15) is 4.79 Å². The van der Waals surface area contributed by atoms with E-state index in [0.29, 0.717) is 30.1 Å². The van der Waals surface area contributed by atoms with E-state index in [-0.39, 0.29) is 5.91 Å². The van der Waals surface area contributed by atoms with Crippen LogP contribution in [0.3, 0.4) is 0 Å². The highest BCUT2D eigenvalue weighted by Gasteiger charge is 2.03. The highest BCUT2D eigenvalue weighted by Crippen LogP contribution is 2.20. The minimum atomic E-state index is -0.0523. The van der Waals surface area contributed by atoms with Crippen LogP contribution in [0, 0.1) is 0 Å². The number of para-hydroxylation sites is 1. The summed E-state index contributed by atoms with van der Waals surface area (Å²) < 4.78 is 0. The fourth-order valence-electron chi connectivity index (χ4n) is 1.04. The van der Waals surface area contributed by atoms with Crippen LogP contribution in [-0.2, 0) is 4.79 Å². The van der Waals surface area contributed by atoms with Gasteiger partial charge in [0.1, 0.15) is 0 Å². The number of carbonyl (C=O) groups excluding carboxylic acids is 1. The Morgan fingerprint density at radius 1 is 1.43 bits per heavy atom. The van der Waals surface area contributed by atoms with Crippen molar-refractivity contribution in [3.05, 3.63) is 29.3 Å². The average molecular weight is 213 g/mol. The van der Waals surface area contributed by atoms with Gasteiger partial charge in [-0.05, 0) is 25.1 Å². The first-order valence-corrected chi connectivity index (χ1v) is 4.86. The van der Waals surface area contributed by atoms with Crippen molar-refractivity contribution in [2.75, 3.05) is 11.9 Å². The van der Waals surface area contributed by atoms with Gasteiger partial charge in [0.15, 0.2) is 0 Å². The molecule has 0 bridgehead atoms. The van der Waals surface area contributed by atoms with Crippen molar-refractivity contribution in [3.63, 3.8) is 0 Å². The Morgan fingerprint density at radius 3 is 2.79 bits per heavy atom. The fourth-order valence-corrected chi connectivity index (χ4v) is 1.22. The largest absolute Gasteiger partial charge is 0.330 e. The Bertz CT molecular complexity index is 315. The van der Waals surface area contributed by atoms with Gasteiger partial charge in [-0.3, -0.25) is 4.79 Å². The SMILES string of the molecule is NCCCC(=O)Nc1ccccc1Cl. The molecule has 0 unspecified atom stereocenters. The Balaban J connectivity index is 2.52. The lowest BCUT2D eigenvalue weighted by molar-refractivity contribution is -0.116. The molecule has 76 valence electrons. The van der Waals surface area contributed by atoms with Crippen LogP contribution in [-0.4, -0.2) is 12.5 Å². The number of amides is 1. The molecule has 0 aliphatic heterocycles. The Labute approximate surface area is 88.2 Å². The van der Waals surface area contributed by atoms with Crippen LogP contribution >= 0.6 is 11.6 Å². The highest BCUT2D eigenvalue weighted by atomic mass is 35.5. The summed E-state index contributed by atoms with van der Waals surface area (Å²) in [7, 11) is 0. The summed E-state index contributed by atoms with van der Waals surface area (Å²) in [5, 5.41) is 3.27. The number of nitrogens with two attached hydrogens (primary N) is 1. The molecule has 0 fully saturated rings. The van der Waals surface area contributed by atoms with Crippen LogP contribution in [0.2, 0.25) is 5.02 Å². The molecule has 14 heavy (non-hydrogen) atoms. The van der Waals surface area contributed by atoms with Crippen LogP contribution in [0.15, 0.2) is 24.3 Å². The van der Waals surface area contributed by atoms with Gasteiger partial charge >= 0.3 is 0 Å². The van der Waals surface area contributed by atoms with Crippen LogP contribution in [0.4, 0.5) is 5.69 Å². The molecule has 0 saturated heterocycles. The topological polar surface area (TPSA) is 55.1 Å². The second kappa shape index (κ2) is 5.62. The molecule has 0 spiro atoms. The smallest absolute Gasteiger partial charge is 0.224 e. The summed E-state index contributed by atoms with van der Waals surface area (Å²) in [6.45, 7) is 0.524. The van der Waals surface area contributed by atoms with Gasteiger partial charge < -0.3 is 11.1 Å². The van der Waals surface area contributed by atoms with Gasteiger partial charge in [0.2, 0.25) is 5.91 Å². The molecule has 0 aliphatic carbocycles. The molecule has 1 aromatic carbocycles. The molecule has 4 heteroatoms. The third kappa shape index (κ3) is 3.36. The Morgan fingerprint density at radius 2 is 2.14 bits per heavy atom. The van der Waals surface area contributed by atoms with Gasteiger partial charge in [-0.2, -0.15) is 0 Å². The third-order valence-corrected chi connectivity index (χ3v) is 2.09. The second-order valence-electron chi connectivity index (χ2n) is 2.92. The van der Waals surface area contributed by atoms with Crippen molar-refractivity contribution in [1.29, 1.82) is 0 Å². The van der Waals surface area contributed by atoms with Crippen molar-refractivity contribution < 1.29 is 4.79 Å². The third-order valence-electron chi connectivity index (χ3n) is 1.76. The lowest BCUT2D eigenvalue weighted by Gasteiger charge is -2.05. The van der Waals surface area contributed by atoms with Gasteiger partial charge in [-0.1, -0.05) is 23.7 Å². The van der Waals surface area contributed by atoms with E-state index >= 15 is 0 Å². The van der Waals surface area contributed by atoms with E-state index in [1.165, 1.54) is 0 Å². The lowest BCUT2D eigenvalue weighted by atomic mass is 10.2. The minimum absolute atomic E-state index is 0.0523. The molecule has 0 atom stereocenters. The van der Waals surface area contributed by atoms with E-state index < -0.39 is 0 Å². The number of hydrogen-bond acceptors (Lipinski definition) is 2. The van der Waals surface area contributed by atoms with Crippen LogP contribution < -0.4 is 11.1 Å². The summed E-state index contributed by atoms with van der Waals surface area (Å²) >= 11 is 5.86. The quantitative estimate of drug-likeness (QED) is 0.803. The van der Waals surface area contributed by atoms with Crippen LogP contribution in [0.25, 0.3) is 0 Å². The number of carbonyl (C=O) groups is 1. The molecular weight excluding hydrogens is 200 g/mol. The zero-order valence-corrected chi connectivity index (χ0v) is 8.55. The van der Waals surface area contributed by atoms with Crippen molar-refractivity contribution in [1.82, 2.24) is 0 Å². The first-order chi connectivity index (χ1) is 6.74. The number of hydrogen-bond donors (Lipinski definition) is 2. The maximum absolute atomic E-state index is 11.3. The average Bonchev–Trinajstić information content (AvgIpc) is 2.18. The van der Waals surface area contributed by atoms with E-state index in [2.05, 4.69) is 5.32 Å². The zero-order chi connectivity index (χ0) is 10.4. The Hall–Kier alpha value is -1.06. The molecule has 1 aromatic rings. The molecule has 0 aliphatic rings. The summed E-state index contributed by atoms with van der Waals surface area (Å²) in [4.78, 5) is 11.3. The van der Waals surface area contributed by atoms with E-state index in [1.54, 1.807) is 12.1 Å². The first-order valence-electron chi connectivity index (χ1n) is 4.48. The minimum Gasteiger partial charge on any atom is -0.330 e. The van der Waals surface area contributed by atoms with Crippen LogP contribution in [0.5, 0.6) is 0 Å². The number of halogens is 1. The predicted molar refractivity (Wildman–Crippen MR) is 58.4 cm³/mol. The second-order valence-corrected chi connectivity index (χ2v) is 3.33. The monoisotopic (exact) mass is 212 g/mol. The van der Waals surface area contributed by atoms with Gasteiger partial charge in [-0.25, -0.2) is 0 Å². The summed E-state index contributed by atoms with van der Waals surface area (Å²) in [6, 6.07) is 7.14. The van der Waals surface area contributed by atoms with Gasteiger partial charge in [0.05, 0.1) is 10.7 Å². The summed E-state index contributed by atoms with van der Waals surface area (Å²) in [6.07, 6.45) is 1.12. The van der Waals surface area contributed by atoms with E-state index in [1.807, 2.05) is 12.1 Å². The highest BCUT2D eigenvalue weighted by molar-refractivity contribution is 6.33. The standard InChI is InChI=1S/C10H13ClN2O/c11-8-4-1-2-5-9(8)13-10(14)6-3-7-12/h1-2,4-5H,3,6-7,12H2,(H,13,14). The molecule has 0 heterocycles. The maximum atomic E-state index is 11.3. The molecular formula is C10H13ClN2O. The van der Waals surface area contributed by atoms with Crippen molar-refractivity contribution in [2.45, 2.75) is 12.8 Å². The number of benzene rings is 1. The summed E-state index contributed by atoms with van der Waals surface area (Å²) in [5.41, 5.74) is 5.94. The van der Waals surface area contributed by atoms with Gasteiger partial charge in [0.25, 0.3) is 0 Å². The van der Waals surface area contributed by atoms with Crippen molar-refractivity contribution in [2.24, 2.45) is 5.73 Å². The molecule has 1 rings (SSSR count). The normalized spacial score (nSPS) is 9.86. The predicted octanol–water partition coefficient (Wildman–Crippen LogP) is 2.02. The number of rotatable bonds is 4. The maximum Gasteiger partial charge on any atom is 0.224 e. The molecule has 0 aromatic heterocycles. The molecule has 0 saturated carbocycles. The van der Waals surface area contributed by atoms with Gasteiger partial charge in [-0.15, -0.1) is 0 Å². The molecule has 3 N–H and O–H groups in total. The fraction of sp³-hybridized carbons (Fsp3) is 0.300. The van der Waals surface area contributed by atoms with Crippen LogP contribution in [0.1, 0.15) is 12.8 Å². The number of anilines is 1. The van der Waals surface area contributed by atoms with E-state index in [0.717, 1.165) is 0 Å². The van der Waals surface area contributed by atoms with Crippen molar-refractivity contribution >= 4 is 23.2 Å². The zero-order valence-electron chi connectivity index (χ0n) is 7.79. The summed E-state index contributed by atoms with van der Waals surface area (Å²) in [5.74, 6) is -0.0523. The first kappa shape index (κ1) is 11.0. The lowest BCUT2D eigenvalue weighted by Crippen LogP contribution is -2.13. The number of nitrogens with one attached hydrogen (secondary N) is 1. The molecule has 0 radical (unpaired) electrons.